The third-order valence-corrected chi connectivity index (χ3v) is 5.19. The SMILES string of the molecule is CO/N=C1\C(CC2=CCN(CCC(C)C)c3ccccc32)=C(C#N)C(=O)N1C. The number of amides is 1. The van der Waals surface area contributed by atoms with Crippen LogP contribution in [0.2, 0.25) is 0 Å². The number of amidine groups is 1. The molecule has 0 bridgehead atoms. The molecule has 0 radical (unpaired) electrons. The monoisotopic (exact) mass is 378 g/mol. The zero-order valence-corrected chi connectivity index (χ0v) is 16.9. The van der Waals surface area contributed by atoms with Gasteiger partial charge in [0, 0.05) is 43.4 Å². The number of para-hydroxylation sites is 1. The molecule has 0 spiro atoms. The first kappa shape index (κ1) is 19.7. The fourth-order valence-corrected chi connectivity index (χ4v) is 3.63. The molecule has 0 saturated carbocycles. The number of carbonyl (C=O) groups is 1. The lowest BCUT2D eigenvalue weighted by atomic mass is 9.91. The quantitative estimate of drug-likeness (QED) is 0.710. The van der Waals surface area contributed by atoms with E-state index in [1.165, 1.54) is 17.7 Å². The molecule has 6 nitrogen and oxygen atoms in total. The molecule has 0 fully saturated rings. The van der Waals surface area contributed by atoms with Crippen molar-refractivity contribution in [2.24, 2.45) is 11.1 Å². The van der Waals surface area contributed by atoms with E-state index in [0.717, 1.165) is 30.6 Å². The highest BCUT2D eigenvalue weighted by atomic mass is 16.6. The Morgan fingerprint density at radius 1 is 1.32 bits per heavy atom. The van der Waals surface area contributed by atoms with Gasteiger partial charge < -0.3 is 9.74 Å². The van der Waals surface area contributed by atoms with E-state index in [0.29, 0.717) is 23.7 Å². The van der Waals surface area contributed by atoms with E-state index >= 15 is 0 Å². The second-order valence-corrected chi connectivity index (χ2v) is 7.48. The minimum Gasteiger partial charge on any atom is -0.397 e. The molecule has 0 aromatic heterocycles. The highest BCUT2D eigenvalue weighted by Gasteiger charge is 2.35. The molecule has 0 atom stereocenters. The Morgan fingerprint density at radius 3 is 2.75 bits per heavy atom. The van der Waals surface area contributed by atoms with Crippen molar-refractivity contribution in [1.82, 2.24) is 4.90 Å². The lowest BCUT2D eigenvalue weighted by molar-refractivity contribution is -0.121. The van der Waals surface area contributed by atoms with Gasteiger partial charge in [-0.2, -0.15) is 5.26 Å². The summed E-state index contributed by atoms with van der Waals surface area (Å²) in [4.78, 5) is 21.1. The highest BCUT2D eigenvalue weighted by Crippen LogP contribution is 2.37. The summed E-state index contributed by atoms with van der Waals surface area (Å²) in [5, 5.41) is 13.5. The molecule has 0 N–H and O–H groups in total. The van der Waals surface area contributed by atoms with E-state index in [-0.39, 0.29) is 11.5 Å². The average Bonchev–Trinajstić information content (AvgIpc) is 2.91. The first-order valence-corrected chi connectivity index (χ1v) is 9.54. The summed E-state index contributed by atoms with van der Waals surface area (Å²) >= 11 is 0. The molecule has 2 aliphatic rings. The van der Waals surface area contributed by atoms with Crippen LogP contribution in [0.4, 0.5) is 5.69 Å². The number of nitrogens with zero attached hydrogens (tertiary/aromatic N) is 4. The molecule has 0 aliphatic carbocycles. The summed E-state index contributed by atoms with van der Waals surface area (Å²) in [7, 11) is 3.05. The van der Waals surface area contributed by atoms with Gasteiger partial charge in [-0.15, -0.1) is 0 Å². The molecule has 0 unspecified atom stereocenters. The Hall–Kier alpha value is -3.07. The third kappa shape index (κ3) is 3.65. The van der Waals surface area contributed by atoms with Crippen molar-refractivity contribution >= 4 is 23.0 Å². The maximum absolute atomic E-state index is 12.4. The van der Waals surface area contributed by atoms with Crippen LogP contribution in [0, 0.1) is 17.2 Å². The minimum atomic E-state index is -0.337. The van der Waals surface area contributed by atoms with Gasteiger partial charge in [0.1, 0.15) is 18.8 Å². The number of rotatable bonds is 6. The van der Waals surface area contributed by atoms with Gasteiger partial charge in [0.05, 0.1) is 0 Å². The molecule has 2 aliphatic heterocycles. The maximum atomic E-state index is 12.4. The van der Waals surface area contributed by atoms with Crippen molar-refractivity contribution in [3.05, 3.63) is 47.1 Å². The van der Waals surface area contributed by atoms with Gasteiger partial charge in [-0.05, 0) is 24.0 Å². The van der Waals surface area contributed by atoms with E-state index < -0.39 is 0 Å². The Bertz CT molecular complexity index is 905. The van der Waals surface area contributed by atoms with Crippen LogP contribution in [0.3, 0.4) is 0 Å². The summed E-state index contributed by atoms with van der Waals surface area (Å²) in [6.07, 6.45) is 3.79. The summed E-state index contributed by atoms with van der Waals surface area (Å²) in [5.74, 6) is 0.718. The van der Waals surface area contributed by atoms with Gasteiger partial charge in [0.15, 0.2) is 5.84 Å². The van der Waals surface area contributed by atoms with Crippen molar-refractivity contribution in [2.75, 3.05) is 32.1 Å². The van der Waals surface area contributed by atoms with Crippen molar-refractivity contribution in [2.45, 2.75) is 26.7 Å². The summed E-state index contributed by atoms with van der Waals surface area (Å²) in [5.41, 5.74) is 4.20. The van der Waals surface area contributed by atoms with Gasteiger partial charge >= 0.3 is 0 Å². The summed E-state index contributed by atoms with van der Waals surface area (Å²) < 4.78 is 0. The van der Waals surface area contributed by atoms with Crippen LogP contribution in [0.5, 0.6) is 0 Å². The van der Waals surface area contributed by atoms with Crippen molar-refractivity contribution in [3.63, 3.8) is 0 Å². The number of fused-ring (bicyclic) bond motifs is 1. The number of hydrogen-bond acceptors (Lipinski definition) is 5. The second-order valence-electron chi connectivity index (χ2n) is 7.48. The molecule has 2 heterocycles. The number of benzene rings is 1. The number of carbonyl (C=O) groups excluding carboxylic acids is 1. The number of anilines is 1. The third-order valence-electron chi connectivity index (χ3n) is 5.19. The summed E-state index contributed by atoms with van der Waals surface area (Å²) in [6.45, 7) is 6.28. The lowest BCUT2D eigenvalue weighted by Gasteiger charge is -2.31. The number of hydrogen-bond donors (Lipinski definition) is 0. The van der Waals surface area contributed by atoms with Gasteiger partial charge in [-0.3, -0.25) is 9.69 Å². The molecule has 6 heteroatoms. The van der Waals surface area contributed by atoms with E-state index in [9.17, 15) is 10.1 Å². The van der Waals surface area contributed by atoms with E-state index in [4.69, 9.17) is 4.84 Å². The fraction of sp³-hybridized carbons (Fsp3) is 0.409. The summed E-state index contributed by atoms with van der Waals surface area (Å²) in [6, 6.07) is 10.4. The van der Waals surface area contributed by atoms with Gasteiger partial charge in [-0.1, -0.05) is 43.3 Å². The molecule has 3 rings (SSSR count). The molecule has 146 valence electrons. The number of likely N-dealkylation sites (N-methyl/N-ethyl adjacent to an activating group) is 1. The van der Waals surface area contributed by atoms with Gasteiger partial charge in [0.2, 0.25) is 0 Å². The molecule has 1 amide bonds. The zero-order chi connectivity index (χ0) is 20.3. The average molecular weight is 378 g/mol. The van der Waals surface area contributed by atoms with Crippen molar-refractivity contribution in [3.8, 4) is 6.07 Å². The fourth-order valence-electron chi connectivity index (χ4n) is 3.63. The molecular formula is C22H26N4O2. The molecular weight excluding hydrogens is 352 g/mol. The van der Waals surface area contributed by atoms with E-state index in [1.54, 1.807) is 7.05 Å². The molecule has 1 aromatic rings. The predicted octanol–water partition coefficient (Wildman–Crippen LogP) is 3.58. The van der Waals surface area contributed by atoms with Gasteiger partial charge in [0.25, 0.3) is 5.91 Å². The number of nitriles is 1. The van der Waals surface area contributed by atoms with Crippen LogP contribution >= 0.6 is 0 Å². The predicted molar refractivity (Wildman–Crippen MR) is 111 cm³/mol. The van der Waals surface area contributed by atoms with Crippen LogP contribution in [0.1, 0.15) is 32.3 Å². The van der Waals surface area contributed by atoms with Crippen molar-refractivity contribution in [1.29, 1.82) is 5.26 Å². The smallest absolute Gasteiger partial charge is 0.270 e. The Balaban J connectivity index is 1.95. The van der Waals surface area contributed by atoms with E-state index in [1.807, 2.05) is 6.07 Å². The zero-order valence-electron chi connectivity index (χ0n) is 16.9. The van der Waals surface area contributed by atoms with E-state index in [2.05, 4.69) is 54.2 Å². The van der Waals surface area contributed by atoms with Crippen LogP contribution < -0.4 is 4.90 Å². The highest BCUT2D eigenvalue weighted by molar-refractivity contribution is 6.23. The first-order valence-electron chi connectivity index (χ1n) is 9.54. The maximum Gasteiger partial charge on any atom is 0.270 e. The largest absolute Gasteiger partial charge is 0.397 e. The van der Waals surface area contributed by atoms with Crippen LogP contribution in [0.25, 0.3) is 5.57 Å². The van der Waals surface area contributed by atoms with Crippen LogP contribution in [-0.2, 0) is 9.63 Å². The normalized spacial score (nSPS) is 17.9. The Labute approximate surface area is 166 Å². The molecule has 1 aromatic carbocycles. The Kier molecular flexibility index (Phi) is 5.84. The number of oxime groups is 1. The lowest BCUT2D eigenvalue weighted by Crippen LogP contribution is -2.29. The van der Waals surface area contributed by atoms with Crippen LogP contribution in [-0.4, -0.2) is 43.9 Å². The van der Waals surface area contributed by atoms with Crippen LogP contribution in [0.15, 0.2) is 46.6 Å². The first-order chi connectivity index (χ1) is 13.5. The topological polar surface area (TPSA) is 68.9 Å². The van der Waals surface area contributed by atoms with Gasteiger partial charge in [-0.25, -0.2) is 0 Å². The number of allylic oxidation sites excluding steroid dienone is 1. The Morgan fingerprint density at radius 2 is 2.07 bits per heavy atom. The minimum absolute atomic E-state index is 0.138. The standard InChI is InChI=1S/C22H26N4O2/c1-15(2)9-11-26-12-10-16(17-7-5-6-8-20(17)26)13-18-19(14-23)22(27)25(3)21(18)24-28-4/h5-8,10,15H,9,11-13H2,1-4H3/b24-21+. The molecule has 28 heavy (non-hydrogen) atoms. The van der Waals surface area contributed by atoms with Crippen molar-refractivity contribution < 1.29 is 9.63 Å². The molecule has 0 saturated heterocycles. The second kappa shape index (κ2) is 8.30.